The summed E-state index contributed by atoms with van der Waals surface area (Å²) in [4.78, 5) is 5.10. The van der Waals surface area contributed by atoms with Gasteiger partial charge in [0.2, 0.25) is 0 Å². The van der Waals surface area contributed by atoms with E-state index < -0.39 is 0 Å². The monoisotopic (exact) mass is 340 g/mol. The molecule has 4 atom stereocenters. The molecule has 132 valence electrons. The predicted molar refractivity (Wildman–Crippen MR) is 97.7 cm³/mol. The van der Waals surface area contributed by atoms with Crippen LogP contribution in [0.1, 0.15) is 26.2 Å². The molecule has 0 saturated carbocycles. The van der Waals surface area contributed by atoms with E-state index >= 15 is 0 Å². The third-order valence-corrected chi connectivity index (χ3v) is 6.14. The van der Waals surface area contributed by atoms with Gasteiger partial charge in [-0.3, -0.25) is 9.80 Å². The number of ether oxygens (including phenoxy) is 1. The largest absolute Gasteiger partial charge is 0.379 e. The summed E-state index contributed by atoms with van der Waals surface area (Å²) in [5.41, 5.74) is 0. The summed E-state index contributed by atoms with van der Waals surface area (Å²) in [7, 11) is 0. The number of morpholine rings is 1. The molecule has 4 aliphatic rings. The Morgan fingerprint density at radius 2 is 2.04 bits per heavy atom. The van der Waals surface area contributed by atoms with Crippen molar-refractivity contribution >= 4 is 17.3 Å². The van der Waals surface area contributed by atoms with E-state index in [0.29, 0.717) is 6.04 Å². The molecule has 0 amide bonds. The number of fused-ring (bicyclic) bond motifs is 3. The van der Waals surface area contributed by atoms with Crippen LogP contribution in [0.5, 0.6) is 0 Å². The molecular formula is C17H32N4OS. The van der Waals surface area contributed by atoms with Crippen molar-refractivity contribution in [3.8, 4) is 0 Å². The van der Waals surface area contributed by atoms with Crippen LogP contribution in [-0.4, -0.2) is 80.0 Å². The molecule has 4 fully saturated rings. The summed E-state index contributed by atoms with van der Waals surface area (Å²) in [6.07, 6.45) is 4.09. The van der Waals surface area contributed by atoms with Crippen molar-refractivity contribution in [2.45, 2.75) is 32.2 Å². The quantitative estimate of drug-likeness (QED) is 0.700. The number of hydrogen-bond acceptors (Lipinski definition) is 4. The third kappa shape index (κ3) is 4.78. The van der Waals surface area contributed by atoms with E-state index in [2.05, 4.69) is 27.4 Å². The smallest absolute Gasteiger partial charge is 0.166 e. The zero-order chi connectivity index (χ0) is 16.1. The lowest BCUT2D eigenvalue weighted by atomic mass is 9.74. The van der Waals surface area contributed by atoms with Crippen LogP contribution in [0.4, 0.5) is 0 Å². The normalized spacial score (nSPS) is 34.3. The minimum atomic E-state index is 0.676. The maximum absolute atomic E-state index is 5.44. The summed E-state index contributed by atoms with van der Waals surface area (Å²) in [6.45, 7) is 11.7. The molecule has 4 saturated heterocycles. The molecule has 5 nitrogen and oxygen atoms in total. The summed E-state index contributed by atoms with van der Waals surface area (Å²) >= 11 is 5.44. The highest BCUT2D eigenvalue weighted by atomic mass is 32.1. The molecule has 0 aromatic heterocycles. The van der Waals surface area contributed by atoms with E-state index in [0.717, 1.165) is 62.9 Å². The minimum Gasteiger partial charge on any atom is -0.379 e. The Bertz CT molecular complexity index is 389. The Kier molecular flexibility index (Phi) is 6.51. The third-order valence-electron chi connectivity index (χ3n) is 5.85. The van der Waals surface area contributed by atoms with Crippen LogP contribution >= 0.6 is 12.2 Å². The lowest BCUT2D eigenvalue weighted by molar-refractivity contribution is 0.00204. The van der Waals surface area contributed by atoms with Gasteiger partial charge in [0, 0.05) is 45.3 Å². The average Bonchev–Trinajstić information content (AvgIpc) is 2.61. The maximum atomic E-state index is 5.44. The van der Waals surface area contributed by atoms with Gasteiger partial charge in [-0.1, -0.05) is 13.3 Å². The zero-order valence-corrected chi connectivity index (χ0v) is 15.2. The lowest BCUT2D eigenvalue weighted by Crippen LogP contribution is -2.57. The van der Waals surface area contributed by atoms with E-state index in [1.165, 1.54) is 32.4 Å². The van der Waals surface area contributed by atoms with Gasteiger partial charge in [0.05, 0.1) is 13.2 Å². The van der Waals surface area contributed by atoms with Crippen LogP contribution in [-0.2, 0) is 4.74 Å². The number of thiocarbonyl (C=S) groups is 1. The molecule has 4 rings (SSSR count). The first-order valence-electron chi connectivity index (χ1n) is 9.32. The molecule has 0 spiro atoms. The summed E-state index contributed by atoms with van der Waals surface area (Å²) in [5.74, 6) is 1.87. The van der Waals surface area contributed by atoms with Gasteiger partial charge in [-0.2, -0.15) is 0 Å². The first-order chi connectivity index (χ1) is 11.3. The zero-order valence-electron chi connectivity index (χ0n) is 14.4. The van der Waals surface area contributed by atoms with Crippen molar-refractivity contribution in [2.24, 2.45) is 11.8 Å². The van der Waals surface area contributed by atoms with Crippen molar-refractivity contribution in [1.82, 2.24) is 20.4 Å². The molecule has 4 heterocycles. The molecule has 0 aliphatic carbocycles. The fourth-order valence-electron chi connectivity index (χ4n) is 4.35. The number of nitrogens with one attached hydrogen (secondary N) is 2. The van der Waals surface area contributed by atoms with Gasteiger partial charge in [0.15, 0.2) is 5.11 Å². The second-order valence-electron chi connectivity index (χ2n) is 7.19. The topological polar surface area (TPSA) is 39.8 Å². The number of nitrogens with zero attached hydrogens (tertiary/aromatic N) is 2. The molecule has 0 radical (unpaired) electrons. The Balaban J connectivity index is 1.30. The predicted octanol–water partition coefficient (Wildman–Crippen LogP) is 0.903. The second-order valence-corrected chi connectivity index (χ2v) is 7.60. The molecule has 4 aliphatic heterocycles. The Hall–Kier alpha value is -0.430. The first kappa shape index (κ1) is 17.4. The second kappa shape index (κ2) is 8.60. The first-order valence-corrected chi connectivity index (χ1v) is 9.73. The molecule has 6 heteroatoms. The molecule has 0 aromatic rings. The highest BCUT2D eigenvalue weighted by Crippen LogP contribution is 2.37. The Morgan fingerprint density at radius 1 is 1.22 bits per heavy atom. The number of piperidine rings is 3. The van der Waals surface area contributed by atoms with Gasteiger partial charge < -0.3 is 15.4 Å². The number of hydrogen-bond donors (Lipinski definition) is 2. The van der Waals surface area contributed by atoms with Crippen molar-refractivity contribution in [3.05, 3.63) is 0 Å². The van der Waals surface area contributed by atoms with E-state index in [4.69, 9.17) is 17.0 Å². The fraction of sp³-hybridized carbons (Fsp3) is 0.941. The van der Waals surface area contributed by atoms with Crippen LogP contribution in [0.15, 0.2) is 0 Å². The van der Waals surface area contributed by atoms with Gasteiger partial charge in [0.25, 0.3) is 0 Å². The highest BCUT2D eigenvalue weighted by molar-refractivity contribution is 7.80. The van der Waals surface area contributed by atoms with Gasteiger partial charge >= 0.3 is 0 Å². The van der Waals surface area contributed by atoms with Gasteiger partial charge in [-0.25, -0.2) is 0 Å². The molecule has 0 aromatic carbocycles. The SMILES string of the molecule is CC[C@H]1CN2CC[C@H]1C[C@@H]2CNC(=S)NCCN1CCOCC1. The molecule has 23 heavy (non-hydrogen) atoms. The van der Waals surface area contributed by atoms with Crippen molar-refractivity contribution in [1.29, 1.82) is 0 Å². The van der Waals surface area contributed by atoms with E-state index in [-0.39, 0.29) is 0 Å². The van der Waals surface area contributed by atoms with Crippen LogP contribution in [0.3, 0.4) is 0 Å². The van der Waals surface area contributed by atoms with Crippen molar-refractivity contribution in [3.63, 3.8) is 0 Å². The summed E-state index contributed by atoms with van der Waals surface area (Å²) in [6, 6.07) is 0.676. The van der Waals surface area contributed by atoms with E-state index in [1.54, 1.807) is 0 Å². The standard InChI is InChI=1S/C17H32N4OS/c1-2-14-13-21-5-3-15(14)11-16(21)12-19-17(23)18-4-6-20-7-9-22-10-8-20/h14-16H,2-13H2,1H3,(H2,18,19,23)/t14-,15-,16+/m0/s1. The van der Waals surface area contributed by atoms with Crippen LogP contribution in [0.2, 0.25) is 0 Å². The highest BCUT2D eigenvalue weighted by Gasteiger charge is 2.38. The van der Waals surface area contributed by atoms with Gasteiger partial charge in [0.1, 0.15) is 0 Å². The Morgan fingerprint density at radius 3 is 2.74 bits per heavy atom. The molecular weight excluding hydrogens is 308 g/mol. The van der Waals surface area contributed by atoms with Crippen LogP contribution in [0, 0.1) is 11.8 Å². The minimum absolute atomic E-state index is 0.676. The van der Waals surface area contributed by atoms with Crippen molar-refractivity contribution < 1.29 is 4.74 Å². The average molecular weight is 341 g/mol. The van der Waals surface area contributed by atoms with E-state index in [1.807, 2.05) is 0 Å². The van der Waals surface area contributed by atoms with Gasteiger partial charge in [-0.15, -0.1) is 0 Å². The van der Waals surface area contributed by atoms with Crippen LogP contribution < -0.4 is 10.6 Å². The Labute approximate surface area is 146 Å². The maximum Gasteiger partial charge on any atom is 0.166 e. The van der Waals surface area contributed by atoms with E-state index in [9.17, 15) is 0 Å². The number of rotatable bonds is 6. The molecule has 2 bridgehead atoms. The molecule has 2 N–H and O–H groups in total. The fourth-order valence-corrected chi connectivity index (χ4v) is 4.53. The summed E-state index contributed by atoms with van der Waals surface area (Å²) in [5, 5.41) is 7.61. The molecule has 1 unspecified atom stereocenters. The summed E-state index contributed by atoms with van der Waals surface area (Å²) < 4.78 is 5.37. The lowest BCUT2D eigenvalue weighted by Gasteiger charge is -2.50. The van der Waals surface area contributed by atoms with Crippen LogP contribution in [0.25, 0.3) is 0 Å². The van der Waals surface area contributed by atoms with Gasteiger partial charge in [-0.05, 0) is 43.4 Å². The van der Waals surface area contributed by atoms with Crippen molar-refractivity contribution in [2.75, 3.05) is 59.0 Å².